The lowest BCUT2D eigenvalue weighted by Gasteiger charge is -2.09. The Labute approximate surface area is 181 Å². The van der Waals surface area contributed by atoms with E-state index in [1.165, 1.54) is 30.3 Å². The van der Waals surface area contributed by atoms with Crippen molar-refractivity contribution in [3.05, 3.63) is 101 Å². The standard InChI is InChI=1S/C24H16F4N2O2/c25-20-8-4-17(5-9-20)15-32-22-10-6-16(7-11-22)12-18(14-29)23(31)30-21-3-1-2-19(13-21)24(26,27)28/h1-13H,15H2,(H,30,31)/b18-12+. The zero-order valence-electron chi connectivity index (χ0n) is 16.5. The van der Waals surface area contributed by atoms with Crippen LogP contribution in [0.25, 0.3) is 6.08 Å². The van der Waals surface area contributed by atoms with E-state index in [0.717, 1.165) is 17.7 Å². The minimum absolute atomic E-state index is 0.0736. The molecule has 0 aliphatic heterocycles. The van der Waals surface area contributed by atoms with Gasteiger partial charge in [0.05, 0.1) is 5.56 Å². The monoisotopic (exact) mass is 440 g/mol. The van der Waals surface area contributed by atoms with Crippen LogP contribution < -0.4 is 10.1 Å². The van der Waals surface area contributed by atoms with Crippen LogP contribution in [0.3, 0.4) is 0 Å². The maximum atomic E-state index is 12.9. The molecule has 0 saturated carbocycles. The zero-order chi connectivity index (χ0) is 23.1. The summed E-state index contributed by atoms with van der Waals surface area (Å²) in [6.45, 7) is 0.234. The number of alkyl halides is 3. The first kappa shape index (κ1) is 22.6. The second-order valence-corrected chi connectivity index (χ2v) is 6.69. The largest absolute Gasteiger partial charge is 0.489 e. The first-order chi connectivity index (χ1) is 15.2. The van der Waals surface area contributed by atoms with Gasteiger partial charge in [-0.05, 0) is 59.7 Å². The van der Waals surface area contributed by atoms with E-state index in [0.29, 0.717) is 11.3 Å². The first-order valence-electron chi connectivity index (χ1n) is 9.32. The van der Waals surface area contributed by atoms with Crippen LogP contribution in [0.4, 0.5) is 23.2 Å². The highest BCUT2D eigenvalue weighted by molar-refractivity contribution is 6.09. The molecular formula is C24H16F4N2O2. The fourth-order valence-corrected chi connectivity index (χ4v) is 2.69. The van der Waals surface area contributed by atoms with Gasteiger partial charge in [-0.25, -0.2) is 4.39 Å². The number of ether oxygens (including phenoxy) is 1. The highest BCUT2D eigenvalue weighted by Gasteiger charge is 2.30. The topological polar surface area (TPSA) is 62.1 Å². The molecule has 0 bridgehead atoms. The van der Waals surface area contributed by atoms with Crippen LogP contribution in [0, 0.1) is 17.1 Å². The number of benzene rings is 3. The lowest BCUT2D eigenvalue weighted by atomic mass is 10.1. The van der Waals surface area contributed by atoms with E-state index in [-0.39, 0.29) is 23.7 Å². The number of nitrogens with zero attached hydrogens (tertiary/aromatic N) is 1. The maximum absolute atomic E-state index is 12.9. The molecule has 0 atom stereocenters. The third-order valence-corrected chi connectivity index (χ3v) is 4.32. The van der Waals surface area contributed by atoms with Gasteiger partial charge in [0.15, 0.2) is 0 Å². The predicted octanol–water partition coefficient (Wildman–Crippen LogP) is 5.97. The van der Waals surface area contributed by atoms with E-state index in [1.54, 1.807) is 42.5 Å². The number of rotatable bonds is 6. The summed E-state index contributed by atoms with van der Waals surface area (Å²) in [7, 11) is 0. The molecule has 0 spiro atoms. The van der Waals surface area contributed by atoms with Crippen LogP contribution in [0.15, 0.2) is 78.4 Å². The molecule has 3 rings (SSSR count). The van der Waals surface area contributed by atoms with Crippen LogP contribution in [-0.2, 0) is 17.6 Å². The fraction of sp³-hybridized carbons (Fsp3) is 0.0833. The molecule has 0 unspecified atom stereocenters. The molecule has 0 aromatic heterocycles. The van der Waals surface area contributed by atoms with Gasteiger partial charge in [-0.15, -0.1) is 0 Å². The molecule has 162 valence electrons. The van der Waals surface area contributed by atoms with E-state index in [4.69, 9.17) is 4.74 Å². The Morgan fingerprint density at radius 2 is 1.72 bits per heavy atom. The van der Waals surface area contributed by atoms with Gasteiger partial charge in [0.25, 0.3) is 5.91 Å². The zero-order valence-corrected chi connectivity index (χ0v) is 16.5. The van der Waals surface area contributed by atoms with Gasteiger partial charge >= 0.3 is 6.18 Å². The Morgan fingerprint density at radius 1 is 1.03 bits per heavy atom. The summed E-state index contributed by atoms with van der Waals surface area (Å²) >= 11 is 0. The summed E-state index contributed by atoms with van der Waals surface area (Å²) in [4.78, 5) is 12.3. The van der Waals surface area contributed by atoms with Gasteiger partial charge in [0.1, 0.15) is 29.8 Å². The molecular weight excluding hydrogens is 424 g/mol. The molecule has 3 aromatic carbocycles. The van der Waals surface area contributed by atoms with Crippen molar-refractivity contribution >= 4 is 17.7 Å². The molecule has 0 fully saturated rings. The minimum Gasteiger partial charge on any atom is -0.489 e. The van der Waals surface area contributed by atoms with Gasteiger partial charge in [0.2, 0.25) is 0 Å². The van der Waals surface area contributed by atoms with Gasteiger partial charge < -0.3 is 10.1 Å². The van der Waals surface area contributed by atoms with Crippen molar-refractivity contribution in [2.24, 2.45) is 0 Å². The third-order valence-electron chi connectivity index (χ3n) is 4.32. The van der Waals surface area contributed by atoms with Crippen molar-refractivity contribution in [1.29, 1.82) is 5.26 Å². The number of carbonyl (C=O) groups is 1. The van der Waals surface area contributed by atoms with Gasteiger partial charge in [0, 0.05) is 5.69 Å². The molecule has 0 heterocycles. The average molecular weight is 440 g/mol. The molecule has 4 nitrogen and oxygen atoms in total. The lowest BCUT2D eigenvalue weighted by molar-refractivity contribution is -0.137. The number of carbonyl (C=O) groups excluding carboxylic acids is 1. The number of hydrogen-bond donors (Lipinski definition) is 1. The Kier molecular flexibility index (Phi) is 6.90. The lowest BCUT2D eigenvalue weighted by Crippen LogP contribution is -2.14. The molecule has 0 aliphatic carbocycles. The van der Waals surface area contributed by atoms with Crippen LogP contribution in [0.5, 0.6) is 5.75 Å². The SMILES string of the molecule is N#C/C(=C\c1ccc(OCc2ccc(F)cc2)cc1)C(=O)Nc1cccc(C(F)(F)F)c1. The quantitative estimate of drug-likeness (QED) is 0.292. The van der Waals surface area contributed by atoms with E-state index < -0.39 is 17.6 Å². The van der Waals surface area contributed by atoms with E-state index in [2.05, 4.69) is 5.32 Å². The van der Waals surface area contributed by atoms with Gasteiger partial charge in [-0.3, -0.25) is 4.79 Å². The number of anilines is 1. The summed E-state index contributed by atoms with van der Waals surface area (Å²) in [5.74, 6) is -0.642. The van der Waals surface area contributed by atoms with Crippen molar-refractivity contribution in [2.45, 2.75) is 12.8 Å². The van der Waals surface area contributed by atoms with Crippen molar-refractivity contribution in [1.82, 2.24) is 0 Å². The Bertz CT molecular complexity index is 1160. The highest BCUT2D eigenvalue weighted by atomic mass is 19.4. The normalized spacial score (nSPS) is 11.5. The van der Waals surface area contributed by atoms with Crippen molar-refractivity contribution < 1.29 is 27.1 Å². The van der Waals surface area contributed by atoms with Gasteiger partial charge in [-0.1, -0.05) is 30.3 Å². The molecule has 32 heavy (non-hydrogen) atoms. The Hall–Kier alpha value is -4.12. The summed E-state index contributed by atoms with van der Waals surface area (Å²) in [5.41, 5.74) is 0.0511. The number of nitrogens with one attached hydrogen (secondary N) is 1. The fourth-order valence-electron chi connectivity index (χ4n) is 2.69. The molecule has 0 saturated heterocycles. The van der Waals surface area contributed by atoms with Crippen LogP contribution >= 0.6 is 0 Å². The highest BCUT2D eigenvalue weighted by Crippen LogP contribution is 2.30. The summed E-state index contributed by atoms with van der Waals surface area (Å²) < 4.78 is 57.0. The smallest absolute Gasteiger partial charge is 0.416 e. The predicted molar refractivity (Wildman–Crippen MR) is 111 cm³/mol. The van der Waals surface area contributed by atoms with E-state index in [1.807, 2.05) is 0 Å². The Balaban J connectivity index is 1.66. The maximum Gasteiger partial charge on any atom is 0.416 e. The number of hydrogen-bond acceptors (Lipinski definition) is 3. The average Bonchev–Trinajstić information content (AvgIpc) is 2.77. The summed E-state index contributed by atoms with van der Waals surface area (Å²) in [5, 5.41) is 11.6. The molecule has 1 amide bonds. The number of halogens is 4. The number of amides is 1. The summed E-state index contributed by atoms with van der Waals surface area (Å²) in [6, 6.07) is 18.3. The molecule has 8 heteroatoms. The Morgan fingerprint density at radius 3 is 2.34 bits per heavy atom. The number of nitriles is 1. The molecule has 0 radical (unpaired) electrons. The minimum atomic E-state index is -4.55. The van der Waals surface area contributed by atoms with Crippen LogP contribution in [-0.4, -0.2) is 5.91 Å². The van der Waals surface area contributed by atoms with Crippen molar-refractivity contribution in [3.8, 4) is 11.8 Å². The van der Waals surface area contributed by atoms with Crippen LogP contribution in [0.1, 0.15) is 16.7 Å². The first-order valence-corrected chi connectivity index (χ1v) is 9.32. The van der Waals surface area contributed by atoms with Gasteiger partial charge in [-0.2, -0.15) is 18.4 Å². The second kappa shape index (κ2) is 9.79. The van der Waals surface area contributed by atoms with E-state index >= 15 is 0 Å². The van der Waals surface area contributed by atoms with Crippen LogP contribution in [0.2, 0.25) is 0 Å². The molecule has 0 aliphatic rings. The second-order valence-electron chi connectivity index (χ2n) is 6.69. The molecule has 3 aromatic rings. The third kappa shape index (κ3) is 6.19. The van der Waals surface area contributed by atoms with E-state index in [9.17, 15) is 27.6 Å². The summed E-state index contributed by atoms with van der Waals surface area (Å²) in [6.07, 6.45) is -3.23. The van der Waals surface area contributed by atoms with Crippen molar-refractivity contribution in [3.63, 3.8) is 0 Å². The van der Waals surface area contributed by atoms with Crippen molar-refractivity contribution in [2.75, 3.05) is 5.32 Å². The molecule has 1 N–H and O–H groups in total.